The van der Waals surface area contributed by atoms with Gasteiger partial charge in [0.05, 0.1) is 25.3 Å². The van der Waals surface area contributed by atoms with E-state index in [9.17, 15) is 9.59 Å². The molecule has 0 spiro atoms. The Morgan fingerprint density at radius 3 is 2.54 bits per heavy atom. The maximum atomic E-state index is 13.0. The van der Waals surface area contributed by atoms with E-state index in [-0.39, 0.29) is 24.2 Å². The van der Waals surface area contributed by atoms with Crippen LogP contribution in [0.1, 0.15) is 35.4 Å². The van der Waals surface area contributed by atoms with Crippen LogP contribution in [0, 0.1) is 17.2 Å². The number of piperidine rings is 1. The summed E-state index contributed by atoms with van der Waals surface area (Å²) in [6.45, 7) is 1.86. The molecule has 1 aromatic heterocycles. The summed E-state index contributed by atoms with van der Waals surface area (Å²) in [6.07, 6.45) is 3.12. The normalized spacial score (nSPS) is 14.5. The maximum Gasteiger partial charge on any atom is 0.253 e. The summed E-state index contributed by atoms with van der Waals surface area (Å²) in [4.78, 5) is 29.1. The van der Waals surface area contributed by atoms with Crippen LogP contribution in [-0.2, 0) is 11.3 Å². The van der Waals surface area contributed by atoms with Gasteiger partial charge < -0.3 is 14.2 Å². The van der Waals surface area contributed by atoms with Crippen molar-refractivity contribution in [2.45, 2.75) is 25.8 Å². The summed E-state index contributed by atoms with van der Waals surface area (Å²) in [5.41, 5.74) is 0.654. The minimum atomic E-state index is -0.136. The number of furan rings is 1. The standard InChI is InChI=1S/C21H22BrN3O3/c22-18-6-4-16(5-7-18)20(26)24-12-8-17(9-13-24)21(27)25(11-2-10-23)15-19-3-1-14-28-19/h1,3-7,14,17H,2,8-9,11-13,15H2. The zero-order valence-electron chi connectivity index (χ0n) is 15.5. The molecule has 1 aliphatic rings. The van der Waals surface area contributed by atoms with Gasteiger partial charge in [-0.2, -0.15) is 5.26 Å². The lowest BCUT2D eigenvalue weighted by Gasteiger charge is -2.34. The van der Waals surface area contributed by atoms with Crippen molar-refractivity contribution in [2.24, 2.45) is 5.92 Å². The van der Waals surface area contributed by atoms with Gasteiger partial charge in [0.2, 0.25) is 5.91 Å². The number of amides is 2. The molecule has 1 aromatic carbocycles. The van der Waals surface area contributed by atoms with Crippen LogP contribution >= 0.6 is 15.9 Å². The Balaban J connectivity index is 1.58. The van der Waals surface area contributed by atoms with Crippen LogP contribution in [0.2, 0.25) is 0 Å². The molecule has 0 unspecified atom stereocenters. The van der Waals surface area contributed by atoms with Crippen molar-refractivity contribution in [1.29, 1.82) is 5.26 Å². The highest BCUT2D eigenvalue weighted by atomic mass is 79.9. The SMILES string of the molecule is N#CCCN(Cc1ccco1)C(=O)C1CCN(C(=O)c2ccc(Br)cc2)CC1. The van der Waals surface area contributed by atoms with Crippen molar-refractivity contribution in [1.82, 2.24) is 9.80 Å². The van der Waals surface area contributed by atoms with Crippen molar-refractivity contribution < 1.29 is 14.0 Å². The number of carbonyl (C=O) groups excluding carboxylic acids is 2. The Hall–Kier alpha value is -2.59. The molecule has 2 aromatic rings. The molecule has 0 bridgehead atoms. The lowest BCUT2D eigenvalue weighted by molar-refractivity contribution is -0.137. The highest BCUT2D eigenvalue weighted by Gasteiger charge is 2.30. The number of halogens is 1. The van der Waals surface area contributed by atoms with Crippen LogP contribution in [0.5, 0.6) is 0 Å². The molecule has 28 heavy (non-hydrogen) atoms. The number of nitrogens with zero attached hydrogens (tertiary/aromatic N) is 3. The van der Waals surface area contributed by atoms with Gasteiger partial charge in [-0.1, -0.05) is 15.9 Å². The topological polar surface area (TPSA) is 77.6 Å². The number of hydrogen-bond donors (Lipinski definition) is 0. The van der Waals surface area contributed by atoms with Gasteiger partial charge in [-0.3, -0.25) is 9.59 Å². The second-order valence-corrected chi connectivity index (χ2v) is 7.74. The predicted molar refractivity (Wildman–Crippen MR) is 107 cm³/mol. The molecule has 1 aliphatic heterocycles. The smallest absolute Gasteiger partial charge is 0.253 e. The van der Waals surface area contributed by atoms with Crippen molar-refractivity contribution in [3.63, 3.8) is 0 Å². The van der Waals surface area contributed by atoms with Gasteiger partial charge in [0.25, 0.3) is 5.91 Å². The van der Waals surface area contributed by atoms with E-state index in [2.05, 4.69) is 22.0 Å². The average molecular weight is 444 g/mol. The molecule has 0 atom stereocenters. The molecular formula is C21H22BrN3O3. The lowest BCUT2D eigenvalue weighted by Crippen LogP contribution is -2.44. The zero-order chi connectivity index (χ0) is 19.9. The molecule has 2 heterocycles. The average Bonchev–Trinajstić information content (AvgIpc) is 3.24. The molecule has 3 rings (SSSR count). The molecule has 6 nitrogen and oxygen atoms in total. The highest BCUT2D eigenvalue weighted by molar-refractivity contribution is 9.10. The second kappa shape index (κ2) is 9.56. The second-order valence-electron chi connectivity index (χ2n) is 6.82. The van der Waals surface area contributed by atoms with E-state index in [0.29, 0.717) is 50.3 Å². The first kappa shape index (κ1) is 20.2. The fraction of sp³-hybridized carbons (Fsp3) is 0.381. The highest BCUT2D eigenvalue weighted by Crippen LogP contribution is 2.23. The fourth-order valence-corrected chi connectivity index (χ4v) is 3.67. The molecule has 1 fully saturated rings. The van der Waals surface area contributed by atoms with Crippen LogP contribution < -0.4 is 0 Å². The van der Waals surface area contributed by atoms with Crippen LogP contribution in [0.25, 0.3) is 0 Å². The molecule has 7 heteroatoms. The molecule has 146 valence electrons. The summed E-state index contributed by atoms with van der Waals surface area (Å²) in [5, 5.41) is 8.90. The van der Waals surface area contributed by atoms with Crippen LogP contribution in [0.15, 0.2) is 51.6 Å². The first-order valence-electron chi connectivity index (χ1n) is 9.31. The third-order valence-corrected chi connectivity index (χ3v) is 5.48. The van der Waals surface area contributed by atoms with Gasteiger partial charge in [0, 0.05) is 35.6 Å². The van der Waals surface area contributed by atoms with Gasteiger partial charge in [-0.05, 0) is 49.2 Å². The summed E-state index contributed by atoms with van der Waals surface area (Å²) >= 11 is 3.37. The van der Waals surface area contributed by atoms with E-state index in [1.165, 1.54) is 0 Å². The van der Waals surface area contributed by atoms with E-state index >= 15 is 0 Å². The Kier molecular flexibility index (Phi) is 6.88. The van der Waals surface area contributed by atoms with E-state index in [0.717, 1.165) is 4.47 Å². The first-order valence-corrected chi connectivity index (χ1v) is 10.1. The fourth-order valence-electron chi connectivity index (χ4n) is 3.41. The zero-order valence-corrected chi connectivity index (χ0v) is 17.1. The molecule has 0 aliphatic carbocycles. The maximum absolute atomic E-state index is 13.0. The summed E-state index contributed by atoms with van der Waals surface area (Å²) in [6, 6.07) is 13.0. The van der Waals surface area contributed by atoms with Crippen molar-refractivity contribution >= 4 is 27.7 Å². The van der Waals surface area contributed by atoms with Crippen molar-refractivity contribution in [2.75, 3.05) is 19.6 Å². The third-order valence-electron chi connectivity index (χ3n) is 4.95. The van der Waals surface area contributed by atoms with Gasteiger partial charge in [0.15, 0.2) is 0 Å². The van der Waals surface area contributed by atoms with E-state index in [1.807, 2.05) is 18.2 Å². The van der Waals surface area contributed by atoms with Gasteiger partial charge in [-0.25, -0.2) is 0 Å². The number of nitriles is 1. The lowest BCUT2D eigenvalue weighted by atomic mass is 9.94. The Bertz CT molecular complexity index is 835. The Morgan fingerprint density at radius 2 is 1.93 bits per heavy atom. The summed E-state index contributed by atoms with van der Waals surface area (Å²) in [5.74, 6) is 0.592. The summed E-state index contributed by atoms with van der Waals surface area (Å²) < 4.78 is 6.29. The number of likely N-dealkylation sites (tertiary alicyclic amines) is 1. The molecule has 0 N–H and O–H groups in total. The molecule has 0 radical (unpaired) electrons. The van der Waals surface area contributed by atoms with E-state index in [1.54, 1.807) is 34.3 Å². The predicted octanol–water partition coefficient (Wildman–Crippen LogP) is 3.84. The minimum Gasteiger partial charge on any atom is -0.467 e. The van der Waals surface area contributed by atoms with Crippen LogP contribution in [0.4, 0.5) is 0 Å². The summed E-state index contributed by atoms with van der Waals surface area (Å²) in [7, 11) is 0. The monoisotopic (exact) mass is 443 g/mol. The number of hydrogen-bond acceptors (Lipinski definition) is 4. The van der Waals surface area contributed by atoms with Crippen molar-refractivity contribution in [3.05, 3.63) is 58.5 Å². The molecular weight excluding hydrogens is 422 g/mol. The van der Waals surface area contributed by atoms with Gasteiger partial charge in [-0.15, -0.1) is 0 Å². The van der Waals surface area contributed by atoms with Gasteiger partial charge in [0.1, 0.15) is 5.76 Å². The molecule has 2 amide bonds. The number of carbonyl (C=O) groups is 2. The Morgan fingerprint density at radius 1 is 1.21 bits per heavy atom. The van der Waals surface area contributed by atoms with E-state index < -0.39 is 0 Å². The largest absolute Gasteiger partial charge is 0.467 e. The van der Waals surface area contributed by atoms with E-state index in [4.69, 9.17) is 9.68 Å². The number of rotatable bonds is 6. The first-order chi connectivity index (χ1) is 13.6. The van der Waals surface area contributed by atoms with Crippen LogP contribution in [-0.4, -0.2) is 41.2 Å². The van der Waals surface area contributed by atoms with Crippen molar-refractivity contribution in [3.8, 4) is 6.07 Å². The minimum absolute atomic E-state index is 0.00433. The molecule has 1 saturated heterocycles. The third kappa shape index (κ3) is 5.02. The van der Waals surface area contributed by atoms with Crippen LogP contribution in [0.3, 0.4) is 0 Å². The molecule has 0 saturated carbocycles. The number of benzene rings is 1. The quantitative estimate of drug-likeness (QED) is 0.679. The van der Waals surface area contributed by atoms with Gasteiger partial charge >= 0.3 is 0 Å². The Labute approximate surface area is 172 Å².